The van der Waals surface area contributed by atoms with Gasteiger partial charge in [-0.25, -0.2) is 4.79 Å². The molecule has 0 radical (unpaired) electrons. The van der Waals surface area contributed by atoms with Crippen LogP contribution in [0.25, 0.3) is 0 Å². The van der Waals surface area contributed by atoms with E-state index in [4.69, 9.17) is 32.7 Å². The summed E-state index contributed by atoms with van der Waals surface area (Å²) in [6.45, 7) is -0.422. The average molecular weight is 447 g/mol. The van der Waals surface area contributed by atoms with Crippen molar-refractivity contribution in [3.63, 3.8) is 0 Å². The Morgan fingerprint density at radius 1 is 1.08 bits per heavy atom. The molecular formula is C17H14BrCl2NO4. The molecule has 2 rings (SSSR count). The third kappa shape index (κ3) is 6.57. The van der Waals surface area contributed by atoms with Crippen molar-refractivity contribution in [2.75, 3.05) is 13.2 Å². The van der Waals surface area contributed by atoms with Gasteiger partial charge in [0.25, 0.3) is 5.91 Å². The van der Waals surface area contributed by atoms with Gasteiger partial charge in [0.05, 0.1) is 5.02 Å². The van der Waals surface area contributed by atoms with Gasteiger partial charge in [0.2, 0.25) is 0 Å². The van der Waals surface area contributed by atoms with Crippen LogP contribution in [0.4, 0.5) is 0 Å². The molecule has 0 aromatic heterocycles. The summed E-state index contributed by atoms with van der Waals surface area (Å²) in [6.07, 6.45) is 0. The van der Waals surface area contributed by atoms with Crippen LogP contribution >= 0.6 is 39.1 Å². The quantitative estimate of drug-likeness (QED) is 0.653. The monoisotopic (exact) mass is 445 g/mol. The second kappa shape index (κ2) is 9.65. The lowest BCUT2D eigenvalue weighted by Gasteiger charge is -2.09. The molecule has 1 N–H and O–H groups in total. The Kier molecular flexibility index (Phi) is 7.55. The molecule has 0 saturated heterocycles. The Morgan fingerprint density at radius 2 is 1.84 bits per heavy atom. The number of amides is 1. The number of carbonyl (C=O) groups excluding carboxylic acids is 2. The second-order valence-corrected chi connectivity index (χ2v) is 6.59. The van der Waals surface area contributed by atoms with E-state index in [-0.39, 0.29) is 18.2 Å². The number of carbonyl (C=O) groups is 2. The van der Waals surface area contributed by atoms with Gasteiger partial charge in [-0.05, 0) is 29.8 Å². The molecule has 1 amide bonds. The first-order valence-corrected chi connectivity index (χ1v) is 8.74. The summed E-state index contributed by atoms with van der Waals surface area (Å²) in [5.74, 6) is -0.780. The highest BCUT2D eigenvalue weighted by Crippen LogP contribution is 2.27. The highest BCUT2D eigenvalue weighted by molar-refractivity contribution is 9.10. The molecule has 25 heavy (non-hydrogen) atoms. The van der Waals surface area contributed by atoms with Gasteiger partial charge in [0.15, 0.2) is 13.2 Å². The predicted octanol–water partition coefficient (Wildman–Crippen LogP) is 3.99. The van der Waals surface area contributed by atoms with E-state index in [9.17, 15) is 9.59 Å². The lowest BCUT2D eigenvalue weighted by Crippen LogP contribution is -2.29. The van der Waals surface area contributed by atoms with E-state index in [2.05, 4.69) is 21.2 Å². The smallest absolute Gasteiger partial charge is 0.344 e. The zero-order valence-corrected chi connectivity index (χ0v) is 16.0. The van der Waals surface area contributed by atoms with Gasteiger partial charge in [-0.3, -0.25) is 4.79 Å². The summed E-state index contributed by atoms with van der Waals surface area (Å²) in [5, 5.41) is 3.41. The maximum Gasteiger partial charge on any atom is 0.344 e. The molecule has 0 unspecified atom stereocenters. The van der Waals surface area contributed by atoms with Crippen LogP contribution in [0, 0.1) is 0 Å². The number of nitrogens with one attached hydrogen (secondary N) is 1. The zero-order valence-electron chi connectivity index (χ0n) is 12.9. The lowest BCUT2D eigenvalue weighted by molar-refractivity contribution is -0.150. The summed E-state index contributed by atoms with van der Waals surface area (Å²) in [7, 11) is 0. The molecule has 0 atom stereocenters. The molecule has 2 aromatic carbocycles. The number of ether oxygens (including phenoxy) is 2. The molecule has 0 aliphatic rings. The number of rotatable bonds is 7. The molecule has 0 bridgehead atoms. The largest absolute Gasteiger partial charge is 0.480 e. The third-order valence-corrected chi connectivity index (χ3v) is 4.34. The fraction of sp³-hybridized carbons (Fsp3) is 0.176. The highest BCUT2D eigenvalue weighted by Gasteiger charge is 2.10. The van der Waals surface area contributed by atoms with Gasteiger partial charge >= 0.3 is 5.97 Å². The van der Waals surface area contributed by atoms with Crippen LogP contribution in [0.15, 0.2) is 46.9 Å². The number of hydrogen-bond acceptors (Lipinski definition) is 4. The maximum absolute atomic E-state index is 11.7. The van der Waals surface area contributed by atoms with Crippen LogP contribution in [-0.4, -0.2) is 25.1 Å². The van der Waals surface area contributed by atoms with Gasteiger partial charge in [0, 0.05) is 16.0 Å². The Labute approximate surface area is 163 Å². The van der Waals surface area contributed by atoms with Crippen LogP contribution in [0.2, 0.25) is 10.0 Å². The van der Waals surface area contributed by atoms with Crippen molar-refractivity contribution in [1.82, 2.24) is 5.32 Å². The summed E-state index contributed by atoms with van der Waals surface area (Å²) in [4.78, 5) is 23.3. The lowest BCUT2D eigenvalue weighted by atomic mass is 10.2. The van der Waals surface area contributed by atoms with E-state index in [1.165, 1.54) is 6.07 Å². The van der Waals surface area contributed by atoms with E-state index in [0.717, 1.165) is 10.0 Å². The Hall–Kier alpha value is -1.76. The van der Waals surface area contributed by atoms with Crippen LogP contribution in [0.5, 0.6) is 5.75 Å². The molecule has 0 heterocycles. The van der Waals surface area contributed by atoms with E-state index < -0.39 is 11.9 Å². The Bertz CT molecular complexity index is 770. The van der Waals surface area contributed by atoms with Gasteiger partial charge in [0.1, 0.15) is 5.75 Å². The first-order valence-electron chi connectivity index (χ1n) is 7.19. The summed E-state index contributed by atoms with van der Waals surface area (Å²) in [6, 6.07) is 12.1. The number of esters is 1. The minimum atomic E-state index is -0.679. The summed E-state index contributed by atoms with van der Waals surface area (Å²) >= 11 is 15.1. The Morgan fingerprint density at radius 3 is 2.56 bits per heavy atom. The third-order valence-electron chi connectivity index (χ3n) is 3.04. The standard InChI is InChI=1S/C17H14BrCl2NO4/c18-13-4-2-1-3-11(13)8-21-16(22)9-25-17(23)10-24-15-6-5-12(19)7-14(15)20/h1-7H,8-10H2,(H,21,22). The molecule has 0 aliphatic heterocycles. The van der Waals surface area contributed by atoms with E-state index in [1.807, 2.05) is 24.3 Å². The molecule has 132 valence electrons. The van der Waals surface area contributed by atoms with Crippen molar-refractivity contribution < 1.29 is 19.1 Å². The fourth-order valence-electron chi connectivity index (χ4n) is 1.80. The second-order valence-electron chi connectivity index (χ2n) is 4.89. The van der Waals surface area contributed by atoms with E-state index in [1.54, 1.807) is 12.1 Å². The van der Waals surface area contributed by atoms with E-state index >= 15 is 0 Å². The zero-order chi connectivity index (χ0) is 18.2. The van der Waals surface area contributed by atoms with Crippen LogP contribution in [0.1, 0.15) is 5.56 Å². The summed E-state index contributed by atoms with van der Waals surface area (Å²) < 4.78 is 11.0. The van der Waals surface area contributed by atoms with Crippen molar-refractivity contribution in [3.8, 4) is 5.75 Å². The molecule has 5 nitrogen and oxygen atoms in total. The SMILES string of the molecule is O=C(COC(=O)COc1ccc(Cl)cc1Cl)NCc1ccccc1Br. The fourth-order valence-corrected chi connectivity index (χ4v) is 2.69. The van der Waals surface area contributed by atoms with Gasteiger partial charge in [-0.1, -0.05) is 57.3 Å². The van der Waals surface area contributed by atoms with Gasteiger partial charge in [-0.15, -0.1) is 0 Å². The normalized spacial score (nSPS) is 10.2. The molecule has 0 fully saturated rings. The topological polar surface area (TPSA) is 64.6 Å². The van der Waals surface area contributed by atoms with Gasteiger partial charge in [-0.2, -0.15) is 0 Å². The summed E-state index contributed by atoms with van der Waals surface area (Å²) in [5.41, 5.74) is 0.919. The van der Waals surface area contributed by atoms with E-state index in [0.29, 0.717) is 17.3 Å². The number of benzene rings is 2. The minimum Gasteiger partial charge on any atom is -0.480 e. The predicted molar refractivity (Wildman–Crippen MR) is 98.9 cm³/mol. The molecule has 0 spiro atoms. The highest BCUT2D eigenvalue weighted by atomic mass is 79.9. The molecule has 0 aliphatic carbocycles. The number of halogens is 3. The molecule has 8 heteroatoms. The first-order chi connectivity index (χ1) is 12.0. The minimum absolute atomic E-state index is 0.284. The Balaban J connectivity index is 1.70. The van der Waals surface area contributed by atoms with Crippen molar-refractivity contribution in [1.29, 1.82) is 0 Å². The van der Waals surface area contributed by atoms with Crippen molar-refractivity contribution in [2.45, 2.75) is 6.54 Å². The first kappa shape index (κ1) is 19.6. The molecular weight excluding hydrogens is 433 g/mol. The van der Waals surface area contributed by atoms with Crippen molar-refractivity contribution >= 4 is 51.0 Å². The van der Waals surface area contributed by atoms with Crippen LogP contribution in [-0.2, 0) is 20.9 Å². The number of hydrogen-bond donors (Lipinski definition) is 1. The van der Waals surface area contributed by atoms with Crippen LogP contribution in [0.3, 0.4) is 0 Å². The van der Waals surface area contributed by atoms with Crippen molar-refractivity contribution in [2.24, 2.45) is 0 Å². The van der Waals surface area contributed by atoms with Gasteiger partial charge < -0.3 is 14.8 Å². The van der Waals surface area contributed by atoms with Crippen molar-refractivity contribution in [3.05, 3.63) is 62.5 Å². The molecule has 2 aromatic rings. The average Bonchev–Trinajstić information content (AvgIpc) is 2.58. The maximum atomic E-state index is 11.7. The molecule has 0 saturated carbocycles. The van der Waals surface area contributed by atoms with Crippen LogP contribution < -0.4 is 10.1 Å².